The molecule has 0 unspecified atom stereocenters. The Morgan fingerprint density at radius 1 is 1.07 bits per heavy atom. The molecule has 0 atom stereocenters. The van der Waals surface area contributed by atoms with Gasteiger partial charge in [0.25, 0.3) is 15.9 Å². The second-order valence-electron chi connectivity index (χ2n) is 6.29. The normalized spacial score (nSPS) is 11.0. The lowest BCUT2D eigenvalue weighted by Gasteiger charge is -2.07. The molecular weight excluding hydrogens is 426 g/mol. The number of aromatic nitrogens is 1. The van der Waals surface area contributed by atoms with Crippen LogP contribution in [0.2, 0.25) is 0 Å². The van der Waals surface area contributed by atoms with E-state index in [9.17, 15) is 18.0 Å². The van der Waals surface area contributed by atoms with Crippen molar-refractivity contribution >= 4 is 38.9 Å². The van der Waals surface area contributed by atoms with Gasteiger partial charge in [-0.2, -0.15) is 0 Å². The molecule has 10 heteroatoms. The summed E-state index contributed by atoms with van der Waals surface area (Å²) in [5.74, 6) is -0.306. The van der Waals surface area contributed by atoms with Crippen LogP contribution in [-0.4, -0.2) is 32.3 Å². The number of nitrogens with one attached hydrogen (secondary N) is 2. The molecular formula is C20H19N3O5S2. The number of thiazole rings is 1. The third kappa shape index (κ3) is 5.43. The molecule has 156 valence electrons. The highest BCUT2D eigenvalue weighted by atomic mass is 32.2. The molecule has 0 saturated heterocycles. The number of carbonyl (C=O) groups excluding carboxylic acids is 2. The molecule has 2 aromatic carbocycles. The van der Waals surface area contributed by atoms with Crippen LogP contribution in [0.3, 0.4) is 0 Å². The third-order valence-electron chi connectivity index (χ3n) is 4.00. The first-order valence-electron chi connectivity index (χ1n) is 8.79. The van der Waals surface area contributed by atoms with Gasteiger partial charge >= 0.3 is 0 Å². The second-order valence-corrected chi connectivity index (χ2v) is 8.92. The van der Waals surface area contributed by atoms with Crippen LogP contribution in [0.15, 0.2) is 58.8 Å². The first-order valence-corrected chi connectivity index (χ1v) is 11.2. The molecule has 30 heavy (non-hydrogen) atoms. The number of rotatable bonds is 7. The van der Waals surface area contributed by atoms with Gasteiger partial charge in [0.1, 0.15) is 11.4 Å². The number of nitrogens with zero attached hydrogens (tertiary/aromatic N) is 1. The van der Waals surface area contributed by atoms with E-state index in [0.717, 1.165) is 23.2 Å². The summed E-state index contributed by atoms with van der Waals surface area (Å²) in [6, 6.07) is 13.1. The number of amides is 2. The third-order valence-corrected chi connectivity index (χ3v) is 6.30. The monoisotopic (exact) mass is 445 g/mol. The highest BCUT2D eigenvalue weighted by Gasteiger charge is 2.16. The van der Waals surface area contributed by atoms with E-state index in [1.807, 2.05) is 29.0 Å². The molecule has 2 amide bonds. The van der Waals surface area contributed by atoms with Crippen LogP contribution in [0, 0.1) is 0 Å². The highest BCUT2D eigenvalue weighted by Crippen LogP contribution is 2.19. The van der Waals surface area contributed by atoms with Crippen LogP contribution in [0.4, 0.5) is 5.69 Å². The summed E-state index contributed by atoms with van der Waals surface area (Å²) in [5, 5.41) is 5.14. The average molecular weight is 446 g/mol. The highest BCUT2D eigenvalue weighted by molar-refractivity contribution is 7.90. The number of hydrogen-bond donors (Lipinski definition) is 2. The lowest BCUT2D eigenvalue weighted by atomic mass is 10.1. The van der Waals surface area contributed by atoms with Gasteiger partial charge < -0.3 is 10.1 Å². The maximum atomic E-state index is 12.4. The van der Waals surface area contributed by atoms with E-state index >= 15 is 0 Å². The van der Waals surface area contributed by atoms with Crippen molar-refractivity contribution in [2.75, 3.05) is 12.4 Å². The van der Waals surface area contributed by atoms with Gasteiger partial charge in [-0.25, -0.2) is 18.1 Å². The average Bonchev–Trinajstić information content (AvgIpc) is 3.17. The molecule has 0 aliphatic heterocycles. The zero-order chi connectivity index (χ0) is 21.7. The molecule has 0 spiro atoms. The maximum Gasteiger partial charge on any atom is 0.275 e. The molecule has 8 nitrogen and oxygen atoms in total. The fourth-order valence-corrected chi connectivity index (χ4v) is 4.37. The van der Waals surface area contributed by atoms with E-state index in [-0.39, 0.29) is 10.6 Å². The van der Waals surface area contributed by atoms with Crippen LogP contribution >= 0.6 is 11.3 Å². The summed E-state index contributed by atoms with van der Waals surface area (Å²) in [6.07, 6.45) is 0.595. The predicted molar refractivity (Wildman–Crippen MR) is 113 cm³/mol. The van der Waals surface area contributed by atoms with Crippen LogP contribution < -0.4 is 14.8 Å². The smallest absolute Gasteiger partial charge is 0.275 e. The van der Waals surface area contributed by atoms with Crippen molar-refractivity contribution in [1.29, 1.82) is 0 Å². The van der Waals surface area contributed by atoms with E-state index in [2.05, 4.69) is 10.3 Å². The summed E-state index contributed by atoms with van der Waals surface area (Å²) < 4.78 is 30.9. The minimum absolute atomic E-state index is 0.0777. The molecule has 2 N–H and O–H groups in total. The van der Waals surface area contributed by atoms with Crippen molar-refractivity contribution in [1.82, 2.24) is 9.71 Å². The molecule has 0 saturated carbocycles. The van der Waals surface area contributed by atoms with E-state index in [1.165, 1.54) is 35.6 Å². The van der Waals surface area contributed by atoms with E-state index in [0.29, 0.717) is 12.1 Å². The van der Waals surface area contributed by atoms with Gasteiger partial charge in [-0.1, -0.05) is 12.1 Å². The van der Waals surface area contributed by atoms with Crippen LogP contribution in [0.25, 0.3) is 0 Å². The zero-order valence-corrected chi connectivity index (χ0v) is 17.8. The van der Waals surface area contributed by atoms with Crippen LogP contribution in [0.5, 0.6) is 5.75 Å². The fourth-order valence-electron chi connectivity index (χ4n) is 2.58. The topological polar surface area (TPSA) is 114 Å². The van der Waals surface area contributed by atoms with E-state index < -0.39 is 21.8 Å². The lowest BCUT2D eigenvalue weighted by molar-refractivity contribution is -0.117. The number of hydrogen-bond acceptors (Lipinski definition) is 7. The molecule has 3 aromatic rings. The number of anilines is 1. The maximum absolute atomic E-state index is 12.4. The molecule has 0 aliphatic carbocycles. The molecule has 0 fully saturated rings. The van der Waals surface area contributed by atoms with Gasteiger partial charge in [-0.05, 0) is 42.0 Å². The van der Waals surface area contributed by atoms with Crippen molar-refractivity contribution < 1.29 is 22.7 Å². The standard InChI is InChI=1S/C20H19N3O5S2/c1-13(24)23-30(26,27)17-9-5-15(6-10-17)21-20(25)18-12-29-19(22-18)11-14-3-7-16(28-2)8-4-14/h3-10,12H,11H2,1-2H3,(H,21,25)(H,23,24). The van der Waals surface area contributed by atoms with Crippen molar-refractivity contribution in [2.24, 2.45) is 0 Å². The Kier molecular flexibility index (Phi) is 6.48. The van der Waals surface area contributed by atoms with Crippen molar-refractivity contribution in [3.63, 3.8) is 0 Å². The molecule has 0 aliphatic rings. The van der Waals surface area contributed by atoms with Crippen molar-refractivity contribution in [3.05, 3.63) is 70.2 Å². The summed E-state index contributed by atoms with van der Waals surface area (Å²) in [4.78, 5) is 27.7. The quantitative estimate of drug-likeness (QED) is 0.578. The summed E-state index contributed by atoms with van der Waals surface area (Å²) >= 11 is 1.38. The number of sulfonamides is 1. The van der Waals surface area contributed by atoms with E-state index in [4.69, 9.17) is 4.74 Å². The minimum atomic E-state index is -3.92. The first-order chi connectivity index (χ1) is 14.3. The van der Waals surface area contributed by atoms with Gasteiger partial charge in [-0.3, -0.25) is 9.59 Å². The number of benzene rings is 2. The van der Waals surface area contributed by atoms with Gasteiger partial charge in [0, 0.05) is 24.4 Å². The Hall–Kier alpha value is -3.24. The van der Waals surface area contributed by atoms with Gasteiger partial charge in [0.05, 0.1) is 17.0 Å². The Morgan fingerprint density at radius 3 is 2.33 bits per heavy atom. The molecule has 1 aromatic heterocycles. The summed E-state index contributed by atoms with van der Waals surface area (Å²) in [6.45, 7) is 1.11. The largest absolute Gasteiger partial charge is 0.497 e. The number of ether oxygens (including phenoxy) is 1. The molecule has 0 radical (unpaired) electrons. The predicted octanol–water partition coefficient (Wildman–Crippen LogP) is 2.82. The lowest BCUT2D eigenvalue weighted by Crippen LogP contribution is -2.28. The van der Waals surface area contributed by atoms with Gasteiger partial charge in [0.2, 0.25) is 5.91 Å². The SMILES string of the molecule is COc1ccc(Cc2nc(C(=O)Nc3ccc(S(=O)(=O)NC(C)=O)cc3)cs2)cc1. The van der Waals surface area contributed by atoms with Gasteiger partial charge in [-0.15, -0.1) is 11.3 Å². The van der Waals surface area contributed by atoms with Crippen molar-refractivity contribution in [3.8, 4) is 5.75 Å². The Bertz CT molecular complexity index is 1150. The Balaban J connectivity index is 1.64. The summed E-state index contributed by atoms with van der Waals surface area (Å²) in [5.41, 5.74) is 1.73. The van der Waals surface area contributed by atoms with E-state index in [1.54, 1.807) is 12.5 Å². The van der Waals surface area contributed by atoms with Crippen LogP contribution in [0.1, 0.15) is 28.0 Å². The molecule has 0 bridgehead atoms. The Labute approximate surface area is 178 Å². The molecule has 3 rings (SSSR count). The molecule has 1 heterocycles. The Morgan fingerprint density at radius 2 is 1.73 bits per heavy atom. The van der Waals surface area contributed by atoms with Gasteiger partial charge in [0.15, 0.2) is 0 Å². The van der Waals surface area contributed by atoms with Crippen LogP contribution in [-0.2, 0) is 21.2 Å². The second kappa shape index (κ2) is 9.06. The number of methoxy groups -OCH3 is 1. The summed E-state index contributed by atoms with van der Waals surface area (Å²) in [7, 11) is -2.31. The number of carbonyl (C=O) groups is 2. The first kappa shape index (κ1) is 21.5. The zero-order valence-electron chi connectivity index (χ0n) is 16.2. The fraction of sp³-hybridized carbons (Fsp3) is 0.150. The van der Waals surface area contributed by atoms with Crippen molar-refractivity contribution in [2.45, 2.75) is 18.2 Å². The minimum Gasteiger partial charge on any atom is -0.497 e.